The van der Waals surface area contributed by atoms with Gasteiger partial charge in [0.15, 0.2) is 0 Å². The van der Waals surface area contributed by atoms with E-state index in [1.165, 1.54) is 13.3 Å². The van der Waals surface area contributed by atoms with Crippen molar-refractivity contribution in [3.63, 3.8) is 0 Å². The zero-order valence-corrected chi connectivity index (χ0v) is 18.3. The highest BCUT2D eigenvalue weighted by Gasteiger charge is 2.32. The number of hydrogen-bond donors (Lipinski definition) is 3. The summed E-state index contributed by atoms with van der Waals surface area (Å²) in [5.74, 6) is 5.02. The lowest BCUT2D eigenvalue weighted by Gasteiger charge is -2.13. The van der Waals surface area contributed by atoms with Crippen LogP contribution in [0.3, 0.4) is 0 Å². The maximum absolute atomic E-state index is 12.9. The van der Waals surface area contributed by atoms with Crippen LogP contribution >= 0.6 is 0 Å². The molecule has 3 aromatic rings. The molecule has 5 N–H and O–H groups in total. The Bertz CT molecular complexity index is 1200. The molecule has 0 radical (unpaired) electrons. The molecule has 0 unspecified atom stereocenters. The van der Waals surface area contributed by atoms with E-state index in [1.54, 1.807) is 30.5 Å². The standard InChI is InChI=1S/C22H22F3N7O2/c1-13-7-15(9-16(8-13)30-21-28-6-5-19(31-21)22(23,24)25)14-3-4-18(29-10-14)17(26)11-32(27)12-20(33)34-2/h3-11H,12,26-27H2,1-2H3,(H,28,30,31)/b17-11-. The van der Waals surface area contributed by atoms with E-state index in [2.05, 4.69) is 25.0 Å². The van der Waals surface area contributed by atoms with Gasteiger partial charge in [-0.15, -0.1) is 0 Å². The van der Waals surface area contributed by atoms with E-state index in [1.807, 2.05) is 13.0 Å². The molecule has 0 fully saturated rings. The fourth-order valence-electron chi connectivity index (χ4n) is 2.97. The van der Waals surface area contributed by atoms with Gasteiger partial charge in [-0.05, 0) is 42.3 Å². The molecule has 0 bridgehead atoms. The summed E-state index contributed by atoms with van der Waals surface area (Å²) < 4.78 is 43.3. The summed E-state index contributed by atoms with van der Waals surface area (Å²) in [7, 11) is 1.25. The van der Waals surface area contributed by atoms with E-state index >= 15 is 0 Å². The van der Waals surface area contributed by atoms with Crippen molar-refractivity contribution in [2.75, 3.05) is 19.0 Å². The van der Waals surface area contributed by atoms with Crippen LogP contribution in [0.5, 0.6) is 0 Å². The van der Waals surface area contributed by atoms with Crippen molar-refractivity contribution in [2.24, 2.45) is 11.6 Å². The lowest BCUT2D eigenvalue weighted by molar-refractivity contribution is -0.142. The third-order valence-electron chi connectivity index (χ3n) is 4.52. The maximum Gasteiger partial charge on any atom is 0.433 e. The number of hydrogen-bond acceptors (Lipinski definition) is 9. The van der Waals surface area contributed by atoms with E-state index < -0.39 is 17.8 Å². The molecular weight excluding hydrogens is 451 g/mol. The molecule has 3 rings (SSSR count). The minimum atomic E-state index is -4.57. The Hall–Kier alpha value is -4.19. The predicted molar refractivity (Wildman–Crippen MR) is 120 cm³/mol. The SMILES string of the molecule is COC(=O)CN(N)/C=C(\N)c1ccc(-c2cc(C)cc(Nc3nccc(C(F)(F)F)n3)c2)cn1. The highest BCUT2D eigenvalue weighted by Crippen LogP contribution is 2.29. The van der Waals surface area contributed by atoms with Gasteiger partial charge in [0.1, 0.15) is 12.2 Å². The van der Waals surface area contributed by atoms with Gasteiger partial charge in [0.05, 0.1) is 18.5 Å². The predicted octanol–water partition coefficient (Wildman–Crippen LogP) is 3.22. The number of rotatable bonds is 7. The number of aryl methyl sites for hydroxylation is 1. The van der Waals surface area contributed by atoms with Crippen LogP contribution in [0.15, 0.2) is 55.0 Å². The molecule has 0 amide bonds. The van der Waals surface area contributed by atoms with Crippen LogP contribution in [0.1, 0.15) is 17.0 Å². The number of benzene rings is 1. The highest BCUT2D eigenvalue weighted by atomic mass is 19.4. The number of methoxy groups -OCH3 is 1. The number of halogens is 3. The highest BCUT2D eigenvalue weighted by molar-refractivity contribution is 5.73. The van der Waals surface area contributed by atoms with Crippen LogP contribution in [0.25, 0.3) is 16.8 Å². The Morgan fingerprint density at radius 3 is 2.59 bits per heavy atom. The number of esters is 1. The molecule has 1 aromatic carbocycles. The van der Waals surface area contributed by atoms with Gasteiger partial charge in [-0.3, -0.25) is 9.78 Å². The van der Waals surface area contributed by atoms with Gasteiger partial charge < -0.3 is 20.8 Å². The van der Waals surface area contributed by atoms with E-state index in [9.17, 15) is 18.0 Å². The minimum absolute atomic E-state index is 0.170. The number of carbonyl (C=O) groups excluding carboxylic acids is 1. The van der Waals surface area contributed by atoms with Gasteiger partial charge in [-0.1, -0.05) is 12.1 Å². The monoisotopic (exact) mass is 473 g/mol. The van der Waals surface area contributed by atoms with Crippen molar-refractivity contribution in [3.8, 4) is 11.1 Å². The molecule has 0 aliphatic carbocycles. The Morgan fingerprint density at radius 2 is 1.94 bits per heavy atom. The average molecular weight is 473 g/mol. The molecule has 0 atom stereocenters. The number of anilines is 2. The summed E-state index contributed by atoms with van der Waals surface area (Å²) in [4.78, 5) is 23.0. The molecule has 12 heteroatoms. The van der Waals surface area contributed by atoms with Crippen molar-refractivity contribution in [2.45, 2.75) is 13.1 Å². The fraction of sp³-hybridized carbons (Fsp3) is 0.182. The normalized spacial score (nSPS) is 11.8. The Morgan fingerprint density at radius 1 is 1.18 bits per heavy atom. The first kappa shape index (κ1) is 24.5. The quantitative estimate of drug-likeness (QED) is 0.269. The number of carbonyl (C=O) groups is 1. The first-order valence-corrected chi connectivity index (χ1v) is 9.86. The topological polar surface area (TPSA) is 132 Å². The van der Waals surface area contributed by atoms with Gasteiger partial charge >= 0.3 is 12.1 Å². The molecule has 0 aliphatic heterocycles. The second kappa shape index (κ2) is 10.2. The summed E-state index contributed by atoms with van der Waals surface area (Å²) in [5, 5.41) is 3.90. The molecule has 0 aliphatic rings. The zero-order valence-electron chi connectivity index (χ0n) is 18.3. The molecule has 0 saturated heterocycles. The zero-order chi connectivity index (χ0) is 24.9. The fourth-order valence-corrected chi connectivity index (χ4v) is 2.97. The molecule has 2 heterocycles. The summed E-state index contributed by atoms with van der Waals surface area (Å²) in [6.07, 6.45) is -0.566. The summed E-state index contributed by atoms with van der Waals surface area (Å²) in [6.45, 7) is 1.67. The summed E-state index contributed by atoms with van der Waals surface area (Å²) in [5.41, 5.74) is 8.52. The van der Waals surface area contributed by atoms with Crippen LogP contribution in [0.2, 0.25) is 0 Å². The third-order valence-corrected chi connectivity index (χ3v) is 4.52. The molecule has 178 valence electrons. The van der Waals surface area contributed by atoms with Crippen LogP contribution in [0, 0.1) is 6.92 Å². The summed E-state index contributed by atoms with van der Waals surface area (Å²) >= 11 is 0. The molecule has 2 aromatic heterocycles. The first-order valence-electron chi connectivity index (χ1n) is 9.86. The number of aromatic nitrogens is 3. The Balaban J connectivity index is 1.80. The van der Waals surface area contributed by atoms with Crippen LogP contribution in [-0.4, -0.2) is 39.6 Å². The molecular formula is C22H22F3N7O2. The van der Waals surface area contributed by atoms with Gasteiger partial charge in [0.2, 0.25) is 5.95 Å². The lowest BCUT2D eigenvalue weighted by Crippen LogP contribution is -2.32. The Labute approximate surface area is 193 Å². The molecule has 9 nitrogen and oxygen atoms in total. The van der Waals surface area contributed by atoms with Crippen molar-refractivity contribution >= 4 is 23.3 Å². The second-order valence-electron chi connectivity index (χ2n) is 7.24. The van der Waals surface area contributed by atoms with E-state index in [4.69, 9.17) is 11.6 Å². The molecule has 0 spiro atoms. The van der Waals surface area contributed by atoms with Gasteiger partial charge in [-0.25, -0.2) is 15.8 Å². The maximum atomic E-state index is 12.9. The minimum Gasteiger partial charge on any atom is -0.468 e. The number of nitrogens with zero attached hydrogens (tertiary/aromatic N) is 4. The number of pyridine rings is 1. The lowest BCUT2D eigenvalue weighted by atomic mass is 10.0. The number of hydrazine groups is 1. The van der Waals surface area contributed by atoms with E-state index in [-0.39, 0.29) is 18.2 Å². The van der Waals surface area contributed by atoms with Crippen molar-refractivity contribution in [3.05, 3.63) is 71.9 Å². The average Bonchev–Trinajstić information content (AvgIpc) is 2.78. The van der Waals surface area contributed by atoms with Gasteiger partial charge in [-0.2, -0.15) is 13.2 Å². The van der Waals surface area contributed by atoms with Crippen LogP contribution < -0.4 is 16.9 Å². The number of ether oxygens (including phenoxy) is 1. The number of nitrogens with one attached hydrogen (secondary N) is 1. The smallest absolute Gasteiger partial charge is 0.433 e. The van der Waals surface area contributed by atoms with Crippen molar-refractivity contribution in [1.29, 1.82) is 0 Å². The number of alkyl halides is 3. The second-order valence-corrected chi connectivity index (χ2v) is 7.24. The van der Waals surface area contributed by atoms with E-state index in [0.717, 1.165) is 34.0 Å². The third kappa shape index (κ3) is 6.42. The van der Waals surface area contributed by atoms with Crippen molar-refractivity contribution < 1.29 is 22.7 Å². The Kier molecular flexibility index (Phi) is 7.31. The largest absolute Gasteiger partial charge is 0.468 e. The van der Waals surface area contributed by atoms with Crippen LogP contribution in [-0.2, 0) is 15.7 Å². The summed E-state index contributed by atoms with van der Waals surface area (Å²) in [6, 6.07) is 9.66. The van der Waals surface area contributed by atoms with E-state index in [0.29, 0.717) is 11.4 Å². The number of nitrogens with two attached hydrogens (primary N) is 2. The van der Waals surface area contributed by atoms with Gasteiger partial charge in [0, 0.05) is 29.8 Å². The van der Waals surface area contributed by atoms with Crippen molar-refractivity contribution in [1.82, 2.24) is 20.0 Å². The van der Waals surface area contributed by atoms with Gasteiger partial charge in [0.25, 0.3) is 0 Å². The first-order chi connectivity index (χ1) is 16.0. The molecule has 34 heavy (non-hydrogen) atoms. The molecule has 0 saturated carbocycles. The van der Waals surface area contributed by atoms with Crippen LogP contribution in [0.4, 0.5) is 24.8 Å².